The van der Waals surface area contributed by atoms with Crippen LogP contribution in [-0.4, -0.2) is 14.7 Å². The first-order valence-electron chi connectivity index (χ1n) is 4.86. The minimum Gasteiger partial charge on any atom is -0.398 e. The minimum atomic E-state index is -0.486. The Morgan fingerprint density at radius 3 is 2.82 bits per heavy atom. The van der Waals surface area contributed by atoms with Crippen LogP contribution in [0.4, 0.5) is 22.9 Å². The van der Waals surface area contributed by atoms with Crippen molar-refractivity contribution in [3.8, 4) is 0 Å². The van der Waals surface area contributed by atoms with Gasteiger partial charge in [0.25, 0.3) is 5.69 Å². The van der Waals surface area contributed by atoms with Crippen molar-refractivity contribution in [2.24, 2.45) is 7.05 Å². The van der Waals surface area contributed by atoms with Crippen LogP contribution in [0.15, 0.2) is 30.5 Å². The van der Waals surface area contributed by atoms with Crippen LogP contribution in [0.2, 0.25) is 0 Å². The van der Waals surface area contributed by atoms with Gasteiger partial charge in [-0.15, -0.1) is 0 Å². The van der Waals surface area contributed by atoms with Crippen molar-refractivity contribution in [3.63, 3.8) is 0 Å². The Bertz CT molecular complexity index is 564. The van der Waals surface area contributed by atoms with E-state index in [0.717, 1.165) is 0 Å². The van der Waals surface area contributed by atoms with Gasteiger partial charge in [0.2, 0.25) is 0 Å². The van der Waals surface area contributed by atoms with Crippen molar-refractivity contribution >= 4 is 22.9 Å². The molecular formula is C10H11N5O2. The minimum absolute atomic E-state index is 0.0524. The fraction of sp³-hybridized carbons (Fsp3) is 0.100. The van der Waals surface area contributed by atoms with Crippen LogP contribution < -0.4 is 11.1 Å². The lowest BCUT2D eigenvalue weighted by molar-refractivity contribution is -0.384. The molecule has 2 aromatic rings. The summed E-state index contributed by atoms with van der Waals surface area (Å²) in [5.41, 5.74) is 6.40. The molecule has 0 aliphatic carbocycles. The highest BCUT2D eigenvalue weighted by Gasteiger charge is 2.09. The van der Waals surface area contributed by atoms with Crippen molar-refractivity contribution in [1.82, 2.24) is 9.78 Å². The Hall–Kier alpha value is -2.57. The van der Waals surface area contributed by atoms with E-state index in [4.69, 9.17) is 5.73 Å². The predicted molar refractivity (Wildman–Crippen MR) is 64.0 cm³/mol. The molecule has 0 saturated heterocycles. The van der Waals surface area contributed by atoms with E-state index in [0.29, 0.717) is 17.2 Å². The average Bonchev–Trinajstić information content (AvgIpc) is 2.63. The molecule has 0 amide bonds. The van der Waals surface area contributed by atoms with Crippen LogP contribution in [-0.2, 0) is 7.05 Å². The van der Waals surface area contributed by atoms with E-state index in [1.165, 1.54) is 12.1 Å². The number of aromatic nitrogens is 2. The molecule has 0 aliphatic rings. The molecule has 0 aliphatic heterocycles. The summed E-state index contributed by atoms with van der Waals surface area (Å²) in [5, 5.41) is 17.7. The SMILES string of the molecule is Cn1ccc(Nc2cc(N)cc([N+](=O)[O-])c2)n1. The lowest BCUT2D eigenvalue weighted by Gasteiger charge is -2.04. The standard InChI is InChI=1S/C10H11N5O2/c1-14-3-2-10(13-14)12-8-4-7(11)5-9(6-8)15(16)17/h2-6H,11H2,1H3,(H,12,13). The molecule has 0 radical (unpaired) electrons. The highest BCUT2D eigenvalue weighted by atomic mass is 16.6. The zero-order chi connectivity index (χ0) is 12.4. The molecule has 17 heavy (non-hydrogen) atoms. The Balaban J connectivity index is 2.29. The maximum absolute atomic E-state index is 10.7. The molecular weight excluding hydrogens is 222 g/mol. The first-order valence-corrected chi connectivity index (χ1v) is 4.86. The number of anilines is 3. The van der Waals surface area contributed by atoms with E-state index >= 15 is 0 Å². The second kappa shape index (κ2) is 4.12. The zero-order valence-electron chi connectivity index (χ0n) is 9.12. The lowest BCUT2D eigenvalue weighted by atomic mass is 10.2. The molecule has 0 atom stereocenters. The normalized spacial score (nSPS) is 10.2. The fourth-order valence-corrected chi connectivity index (χ4v) is 1.44. The summed E-state index contributed by atoms with van der Waals surface area (Å²) in [7, 11) is 1.78. The number of nitrogens with zero attached hydrogens (tertiary/aromatic N) is 3. The lowest BCUT2D eigenvalue weighted by Crippen LogP contribution is -1.97. The maximum atomic E-state index is 10.7. The third-order valence-corrected chi connectivity index (χ3v) is 2.14. The molecule has 7 nitrogen and oxygen atoms in total. The van der Waals surface area contributed by atoms with Crippen LogP contribution in [0, 0.1) is 10.1 Å². The van der Waals surface area contributed by atoms with Crippen molar-refractivity contribution in [2.45, 2.75) is 0 Å². The van der Waals surface area contributed by atoms with Crippen molar-refractivity contribution in [1.29, 1.82) is 0 Å². The molecule has 1 aromatic heterocycles. The Labute approximate surface area is 97.0 Å². The smallest absolute Gasteiger partial charge is 0.273 e. The third kappa shape index (κ3) is 2.51. The van der Waals surface area contributed by atoms with Gasteiger partial charge in [0, 0.05) is 42.8 Å². The van der Waals surface area contributed by atoms with Gasteiger partial charge in [0.15, 0.2) is 5.82 Å². The fourth-order valence-electron chi connectivity index (χ4n) is 1.44. The summed E-state index contributed by atoms with van der Waals surface area (Å²) in [4.78, 5) is 10.2. The van der Waals surface area contributed by atoms with Gasteiger partial charge >= 0.3 is 0 Å². The van der Waals surface area contributed by atoms with E-state index in [2.05, 4.69) is 10.4 Å². The van der Waals surface area contributed by atoms with E-state index in [9.17, 15) is 10.1 Å². The van der Waals surface area contributed by atoms with Gasteiger partial charge in [-0.1, -0.05) is 0 Å². The van der Waals surface area contributed by atoms with Crippen molar-refractivity contribution < 1.29 is 4.92 Å². The van der Waals surface area contributed by atoms with Crippen LogP contribution in [0.25, 0.3) is 0 Å². The first-order chi connectivity index (χ1) is 8.04. The second-order valence-corrected chi connectivity index (χ2v) is 3.57. The number of nitro groups is 1. The molecule has 3 N–H and O–H groups in total. The second-order valence-electron chi connectivity index (χ2n) is 3.57. The van der Waals surface area contributed by atoms with Crippen molar-refractivity contribution in [3.05, 3.63) is 40.6 Å². The third-order valence-electron chi connectivity index (χ3n) is 2.14. The van der Waals surface area contributed by atoms with E-state index < -0.39 is 4.92 Å². The monoisotopic (exact) mass is 233 g/mol. The number of hydrogen-bond acceptors (Lipinski definition) is 5. The molecule has 0 fully saturated rings. The van der Waals surface area contributed by atoms with Gasteiger partial charge in [-0.3, -0.25) is 14.8 Å². The molecule has 0 unspecified atom stereocenters. The van der Waals surface area contributed by atoms with Gasteiger partial charge < -0.3 is 11.1 Å². The van der Waals surface area contributed by atoms with Gasteiger partial charge in [0.1, 0.15) is 0 Å². The van der Waals surface area contributed by atoms with Crippen LogP contribution in [0.1, 0.15) is 0 Å². The van der Waals surface area contributed by atoms with Gasteiger partial charge in [-0.25, -0.2) is 0 Å². The first kappa shape index (κ1) is 10.9. The van der Waals surface area contributed by atoms with Gasteiger partial charge in [-0.2, -0.15) is 5.10 Å². The Morgan fingerprint density at radius 2 is 2.24 bits per heavy atom. The quantitative estimate of drug-likeness (QED) is 0.477. The number of non-ortho nitro benzene ring substituents is 1. The molecule has 7 heteroatoms. The molecule has 0 bridgehead atoms. The maximum Gasteiger partial charge on any atom is 0.273 e. The summed E-state index contributed by atoms with van der Waals surface area (Å²) >= 11 is 0. The van der Waals surface area contributed by atoms with Crippen LogP contribution in [0.3, 0.4) is 0 Å². The van der Waals surface area contributed by atoms with E-state index in [1.54, 1.807) is 30.1 Å². The summed E-state index contributed by atoms with van der Waals surface area (Å²) in [6.07, 6.45) is 1.77. The number of nitrogens with two attached hydrogens (primary N) is 1. The summed E-state index contributed by atoms with van der Waals surface area (Å²) in [5.74, 6) is 0.604. The zero-order valence-corrected chi connectivity index (χ0v) is 9.12. The molecule has 1 heterocycles. The summed E-state index contributed by atoms with van der Waals surface area (Å²) in [6, 6.07) is 6.09. The molecule has 1 aromatic carbocycles. The topological polar surface area (TPSA) is 99.0 Å². The van der Waals surface area contributed by atoms with Crippen LogP contribution in [0.5, 0.6) is 0 Å². The number of aryl methyl sites for hydroxylation is 1. The molecule has 2 rings (SSSR count). The number of benzene rings is 1. The van der Waals surface area contributed by atoms with Gasteiger partial charge in [0.05, 0.1) is 4.92 Å². The number of rotatable bonds is 3. The molecule has 0 spiro atoms. The summed E-state index contributed by atoms with van der Waals surface area (Å²) < 4.78 is 1.63. The summed E-state index contributed by atoms with van der Waals surface area (Å²) in [6.45, 7) is 0. The highest BCUT2D eigenvalue weighted by Crippen LogP contribution is 2.24. The number of nitrogen functional groups attached to an aromatic ring is 1. The number of nitro benzene ring substituents is 1. The molecule has 0 saturated carbocycles. The Morgan fingerprint density at radius 1 is 1.47 bits per heavy atom. The van der Waals surface area contributed by atoms with Crippen LogP contribution >= 0.6 is 0 Å². The number of hydrogen-bond donors (Lipinski definition) is 2. The highest BCUT2D eigenvalue weighted by molar-refractivity contribution is 5.65. The van der Waals surface area contributed by atoms with Crippen molar-refractivity contribution in [2.75, 3.05) is 11.1 Å². The average molecular weight is 233 g/mol. The van der Waals surface area contributed by atoms with E-state index in [1.807, 2.05) is 0 Å². The number of nitrogens with one attached hydrogen (secondary N) is 1. The largest absolute Gasteiger partial charge is 0.398 e. The Kier molecular flexibility index (Phi) is 2.65. The molecule has 88 valence electrons. The predicted octanol–water partition coefficient (Wildman–Crippen LogP) is 1.65. The van der Waals surface area contributed by atoms with Gasteiger partial charge in [-0.05, 0) is 6.07 Å². The van der Waals surface area contributed by atoms with E-state index in [-0.39, 0.29) is 5.69 Å².